The minimum absolute atomic E-state index is 0.0960. The molecule has 1 N–H and O–H groups in total. The number of para-hydroxylation sites is 1. The van der Waals surface area contributed by atoms with Gasteiger partial charge in [-0.1, -0.05) is 41.9 Å². The van der Waals surface area contributed by atoms with Crippen LogP contribution in [0.15, 0.2) is 54.6 Å². The monoisotopic (exact) mass is 317 g/mol. The van der Waals surface area contributed by atoms with Crippen LogP contribution >= 0.6 is 11.6 Å². The Kier molecular flexibility index (Phi) is 5.55. The predicted molar refractivity (Wildman–Crippen MR) is 86.2 cm³/mol. The summed E-state index contributed by atoms with van der Waals surface area (Å²) in [5.41, 5.74) is 1.54. The number of anilines is 1. The smallest absolute Gasteiger partial charge is 0.305 e. The maximum atomic E-state index is 12.5. The fourth-order valence-electron chi connectivity index (χ4n) is 2.09. The zero-order chi connectivity index (χ0) is 15.9. The summed E-state index contributed by atoms with van der Waals surface area (Å²) in [6.07, 6.45) is 0.104. The van der Waals surface area contributed by atoms with Crippen molar-refractivity contribution in [1.82, 2.24) is 0 Å². The number of carboxylic acid groups (broad SMARTS) is 1. The second kappa shape index (κ2) is 7.61. The molecule has 0 aliphatic rings. The Morgan fingerprint density at radius 1 is 1.00 bits per heavy atom. The Balaban J connectivity index is 2.14. The van der Waals surface area contributed by atoms with E-state index in [1.54, 1.807) is 36.4 Å². The molecule has 0 fully saturated rings. The molecule has 114 valence electrons. The van der Waals surface area contributed by atoms with Gasteiger partial charge in [0, 0.05) is 17.3 Å². The van der Waals surface area contributed by atoms with Crippen LogP contribution in [0.25, 0.3) is 0 Å². The van der Waals surface area contributed by atoms with E-state index in [0.29, 0.717) is 10.7 Å². The Morgan fingerprint density at radius 2 is 1.64 bits per heavy atom. The van der Waals surface area contributed by atoms with Gasteiger partial charge in [0.25, 0.3) is 0 Å². The Morgan fingerprint density at radius 3 is 2.23 bits per heavy atom. The van der Waals surface area contributed by atoms with Gasteiger partial charge in [0.05, 0.1) is 12.8 Å². The molecule has 4 nitrogen and oxygen atoms in total. The van der Waals surface area contributed by atoms with Crippen molar-refractivity contribution in [2.24, 2.45) is 0 Å². The van der Waals surface area contributed by atoms with E-state index < -0.39 is 5.97 Å². The van der Waals surface area contributed by atoms with Gasteiger partial charge < -0.3 is 10.0 Å². The SMILES string of the molecule is O=C(O)CCN(C(=O)Cc1ccc(Cl)cc1)c1ccccc1. The maximum Gasteiger partial charge on any atom is 0.305 e. The van der Waals surface area contributed by atoms with Crippen molar-refractivity contribution in [2.75, 3.05) is 11.4 Å². The molecular formula is C17H16ClNO3. The van der Waals surface area contributed by atoms with Crippen LogP contribution < -0.4 is 4.90 Å². The fourth-order valence-corrected chi connectivity index (χ4v) is 2.21. The third-order valence-electron chi connectivity index (χ3n) is 3.19. The average Bonchev–Trinajstić information content (AvgIpc) is 2.50. The van der Waals surface area contributed by atoms with E-state index in [1.807, 2.05) is 18.2 Å². The van der Waals surface area contributed by atoms with Crippen LogP contribution in [0.3, 0.4) is 0 Å². The van der Waals surface area contributed by atoms with Crippen molar-refractivity contribution in [3.63, 3.8) is 0 Å². The van der Waals surface area contributed by atoms with Crippen molar-refractivity contribution in [3.05, 3.63) is 65.2 Å². The lowest BCUT2D eigenvalue weighted by molar-refractivity contribution is -0.136. The van der Waals surface area contributed by atoms with E-state index in [-0.39, 0.29) is 25.3 Å². The summed E-state index contributed by atoms with van der Waals surface area (Å²) in [6.45, 7) is 0.145. The number of carboxylic acids is 1. The number of nitrogens with zero attached hydrogens (tertiary/aromatic N) is 1. The zero-order valence-electron chi connectivity index (χ0n) is 11.9. The van der Waals surface area contributed by atoms with Crippen LogP contribution in [0.5, 0.6) is 0 Å². The molecule has 2 aromatic rings. The molecule has 2 rings (SSSR count). The molecule has 0 atom stereocenters. The average molecular weight is 318 g/mol. The lowest BCUT2D eigenvalue weighted by atomic mass is 10.1. The van der Waals surface area contributed by atoms with Gasteiger partial charge in [0.1, 0.15) is 0 Å². The van der Waals surface area contributed by atoms with Crippen LogP contribution in [0.2, 0.25) is 5.02 Å². The number of hydrogen-bond donors (Lipinski definition) is 1. The van der Waals surface area contributed by atoms with Gasteiger partial charge in [0.15, 0.2) is 0 Å². The van der Waals surface area contributed by atoms with Crippen molar-refractivity contribution >= 4 is 29.2 Å². The lowest BCUT2D eigenvalue weighted by Gasteiger charge is -2.22. The second-order valence-electron chi connectivity index (χ2n) is 4.83. The first-order valence-corrected chi connectivity index (χ1v) is 7.25. The summed E-state index contributed by atoms with van der Waals surface area (Å²) < 4.78 is 0. The quantitative estimate of drug-likeness (QED) is 0.888. The molecule has 0 aromatic heterocycles. The van der Waals surface area contributed by atoms with E-state index in [4.69, 9.17) is 16.7 Å². The van der Waals surface area contributed by atoms with Gasteiger partial charge in [-0.3, -0.25) is 9.59 Å². The highest BCUT2D eigenvalue weighted by molar-refractivity contribution is 6.30. The highest BCUT2D eigenvalue weighted by Gasteiger charge is 2.17. The maximum absolute atomic E-state index is 12.5. The third kappa shape index (κ3) is 4.60. The van der Waals surface area contributed by atoms with E-state index in [2.05, 4.69) is 0 Å². The normalized spacial score (nSPS) is 10.2. The first-order valence-electron chi connectivity index (χ1n) is 6.88. The van der Waals surface area contributed by atoms with Gasteiger partial charge in [-0.05, 0) is 29.8 Å². The first-order chi connectivity index (χ1) is 10.6. The number of halogens is 1. The highest BCUT2D eigenvalue weighted by Crippen LogP contribution is 2.17. The van der Waals surface area contributed by atoms with E-state index in [9.17, 15) is 9.59 Å². The second-order valence-corrected chi connectivity index (χ2v) is 5.26. The van der Waals surface area contributed by atoms with Crippen molar-refractivity contribution in [1.29, 1.82) is 0 Å². The van der Waals surface area contributed by atoms with Crippen LogP contribution in [0, 0.1) is 0 Å². The molecule has 0 aliphatic heterocycles. The number of amides is 1. The lowest BCUT2D eigenvalue weighted by Crippen LogP contribution is -2.34. The number of rotatable bonds is 6. The number of carbonyl (C=O) groups is 2. The molecule has 2 aromatic carbocycles. The van der Waals surface area contributed by atoms with Crippen molar-refractivity contribution in [2.45, 2.75) is 12.8 Å². The predicted octanol–water partition coefficient (Wildman–Crippen LogP) is 3.39. The number of aliphatic carboxylic acids is 1. The van der Waals surface area contributed by atoms with Crippen LogP contribution in [-0.4, -0.2) is 23.5 Å². The number of benzene rings is 2. The molecule has 0 bridgehead atoms. The van der Waals surface area contributed by atoms with Crippen LogP contribution in [-0.2, 0) is 16.0 Å². The molecule has 0 spiro atoms. The van der Waals surface area contributed by atoms with Crippen LogP contribution in [0.1, 0.15) is 12.0 Å². The molecule has 1 amide bonds. The molecule has 0 heterocycles. The highest BCUT2D eigenvalue weighted by atomic mass is 35.5. The Labute approximate surface area is 133 Å². The molecule has 0 saturated heterocycles. The van der Waals surface area contributed by atoms with Crippen molar-refractivity contribution in [3.8, 4) is 0 Å². The zero-order valence-corrected chi connectivity index (χ0v) is 12.7. The molecule has 0 saturated carbocycles. The molecule has 5 heteroatoms. The standard InChI is InChI=1S/C17H16ClNO3/c18-14-8-6-13(7-9-14)12-16(20)19(11-10-17(21)22)15-4-2-1-3-5-15/h1-9H,10-12H2,(H,21,22). The summed E-state index contributed by atoms with van der Waals surface area (Å²) in [5, 5.41) is 9.47. The minimum Gasteiger partial charge on any atom is -0.481 e. The summed E-state index contributed by atoms with van der Waals surface area (Å²) in [7, 11) is 0. The molecule has 0 aliphatic carbocycles. The summed E-state index contributed by atoms with van der Waals surface area (Å²) in [6, 6.07) is 16.1. The van der Waals surface area contributed by atoms with Gasteiger partial charge >= 0.3 is 5.97 Å². The molecule has 0 unspecified atom stereocenters. The molecule has 22 heavy (non-hydrogen) atoms. The van der Waals surface area contributed by atoms with Crippen molar-refractivity contribution < 1.29 is 14.7 Å². The third-order valence-corrected chi connectivity index (χ3v) is 3.44. The van der Waals surface area contributed by atoms with E-state index >= 15 is 0 Å². The summed E-state index contributed by atoms with van der Waals surface area (Å²) in [5.74, 6) is -1.07. The van der Waals surface area contributed by atoms with Gasteiger partial charge in [0.2, 0.25) is 5.91 Å². The molecular weight excluding hydrogens is 302 g/mol. The molecule has 0 radical (unpaired) electrons. The summed E-state index contributed by atoms with van der Waals surface area (Å²) >= 11 is 5.83. The number of hydrogen-bond acceptors (Lipinski definition) is 2. The summed E-state index contributed by atoms with van der Waals surface area (Å²) in [4.78, 5) is 24.8. The van der Waals surface area contributed by atoms with Gasteiger partial charge in [-0.2, -0.15) is 0 Å². The Bertz CT molecular complexity index is 641. The fraction of sp³-hybridized carbons (Fsp3) is 0.176. The topological polar surface area (TPSA) is 57.6 Å². The first kappa shape index (κ1) is 16.0. The minimum atomic E-state index is -0.930. The Hall–Kier alpha value is -2.33. The van der Waals surface area contributed by atoms with Gasteiger partial charge in [-0.25, -0.2) is 0 Å². The van der Waals surface area contributed by atoms with E-state index in [0.717, 1.165) is 5.56 Å². The van der Waals surface area contributed by atoms with E-state index in [1.165, 1.54) is 4.90 Å². The number of carbonyl (C=O) groups excluding carboxylic acids is 1. The van der Waals surface area contributed by atoms with Gasteiger partial charge in [-0.15, -0.1) is 0 Å². The van der Waals surface area contributed by atoms with Crippen LogP contribution in [0.4, 0.5) is 5.69 Å². The largest absolute Gasteiger partial charge is 0.481 e.